The number of aromatic nitrogens is 2. The van der Waals surface area contributed by atoms with Crippen molar-refractivity contribution < 1.29 is 4.79 Å². The van der Waals surface area contributed by atoms with Crippen molar-refractivity contribution in [1.29, 1.82) is 0 Å². The van der Waals surface area contributed by atoms with Crippen LogP contribution in [-0.2, 0) is 11.3 Å². The first-order chi connectivity index (χ1) is 11.2. The fraction of sp³-hybridized carbons (Fsp3) is 0.556. The second-order valence-electron chi connectivity index (χ2n) is 6.84. The van der Waals surface area contributed by atoms with Crippen molar-refractivity contribution in [2.24, 2.45) is 0 Å². The van der Waals surface area contributed by atoms with Crippen molar-refractivity contribution in [2.45, 2.75) is 51.2 Å². The Morgan fingerprint density at radius 3 is 2.57 bits per heavy atom. The highest BCUT2D eigenvalue weighted by Crippen LogP contribution is 2.33. The number of hydrogen-bond donors (Lipinski definition) is 1. The van der Waals surface area contributed by atoms with Crippen molar-refractivity contribution in [2.75, 3.05) is 13.1 Å². The predicted octanol–water partition coefficient (Wildman–Crippen LogP) is 2.54. The Morgan fingerprint density at radius 2 is 1.91 bits per heavy atom. The van der Waals surface area contributed by atoms with Crippen LogP contribution in [0.5, 0.6) is 0 Å². The van der Waals surface area contributed by atoms with Crippen LogP contribution in [-0.4, -0.2) is 50.8 Å². The van der Waals surface area contributed by atoms with E-state index in [0.29, 0.717) is 12.1 Å². The van der Waals surface area contributed by atoms with Gasteiger partial charge in [0.15, 0.2) is 0 Å². The van der Waals surface area contributed by atoms with Crippen molar-refractivity contribution in [3.05, 3.63) is 30.1 Å². The van der Waals surface area contributed by atoms with Gasteiger partial charge in [-0.15, -0.1) is 0 Å². The van der Waals surface area contributed by atoms with Gasteiger partial charge >= 0.3 is 0 Å². The molecule has 1 amide bonds. The van der Waals surface area contributed by atoms with E-state index in [2.05, 4.69) is 22.0 Å². The first-order valence-electron chi connectivity index (χ1n) is 8.65. The maximum Gasteiger partial charge on any atom is 0.219 e. The summed E-state index contributed by atoms with van der Waals surface area (Å²) in [6.45, 7) is 4.35. The standard InChI is InChI=1S/C18H24N4O/c1-13(23)21-10-8-15(9-11-21)22(14-6-7-14)12-18-19-16-4-2-3-5-17(16)20-18/h2-5,14-15H,6-12H2,1H3,(H,19,20). The molecule has 1 saturated heterocycles. The van der Waals surface area contributed by atoms with Crippen LogP contribution in [0, 0.1) is 0 Å². The number of aromatic amines is 1. The molecule has 5 nitrogen and oxygen atoms in total. The molecule has 1 aliphatic heterocycles. The summed E-state index contributed by atoms with van der Waals surface area (Å²) in [5.41, 5.74) is 2.16. The second-order valence-corrected chi connectivity index (χ2v) is 6.84. The molecule has 0 bridgehead atoms. The number of rotatable bonds is 4. The van der Waals surface area contributed by atoms with Crippen molar-refractivity contribution in [1.82, 2.24) is 19.8 Å². The highest BCUT2D eigenvalue weighted by molar-refractivity contribution is 5.74. The maximum atomic E-state index is 11.5. The fourth-order valence-corrected chi connectivity index (χ4v) is 3.73. The fourth-order valence-electron chi connectivity index (χ4n) is 3.73. The highest BCUT2D eigenvalue weighted by atomic mass is 16.2. The number of para-hydroxylation sites is 2. The van der Waals surface area contributed by atoms with Gasteiger partial charge in [0.1, 0.15) is 5.82 Å². The summed E-state index contributed by atoms with van der Waals surface area (Å²) >= 11 is 0. The highest BCUT2D eigenvalue weighted by Gasteiger charge is 2.36. The Kier molecular flexibility index (Phi) is 3.81. The van der Waals surface area contributed by atoms with Gasteiger partial charge in [0.2, 0.25) is 5.91 Å². The average molecular weight is 312 g/mol. The zero-order valence-corrected chi connectivity index (χ0v) is 13.7. The topological polar surface area (TPSA) is 52.2 Å². The minimum atomic E-state index is 0.207. The summed E-state index contributed by atoms with van der Waals surface area (Å²) in [5, 5.41) is 0. The van der Waals surface area contributed by atoms with E-state index < -0.39 is 0 Å². The number of hydrogen-bond acceptors (Lipinski definition) is 3. The summed E-state index contributed by atoms with van der Waals surface area (Å²) in [6, 6.07) is 9.49. The molecule has 122 valence electrons. The number of benzene rings is 1. The number of nitrogens with one attached hydrogen (secondary N) is 1. The molecule has 1 aromatic heterocycles. The Labute approximate surface area is 136 Å². The molecule has 4 rings (SSSR count). The van der Waals surface area contributed by atoms with Crippen LogP contribution in [0.2, 0.25) is 0 Å². The van der Waals surface area contributed by atoms with Crippen LogP contribution >= 0.6 is 0 Å². The molecule has 0 atom stereocenters. The summed E-state index contributed by atoms with van der Waals surface area (Å²) in [7, 11) is 0. The van der Waals surface area contributed by atoms with Crippen LogP contribution in [0.1, 0.15) is 38.4 Å². The van der Waals surface area contributed by atoms with Gasteiger partial charge in [0.25, 0.3) is 0 Å². The van der Waals surface area contributed by atoms with Gasteiger partial charge in [0, 0.05) is 32.1 Å². The van der Waals surface area contributed by atoms with Gasteiger partial charge < -0.3 is 9.88 Å². The SMILES string of the molecule is CC(=O)N1CCC(N(Cc2nc3ccccc3[nH]2)C2CC2)CC1. The molecular weight excluding hydrogens is 288 g/mol. The Hall–Kier alpha value is -1.88. The number of H-pyrrole nitrogens is 1. The van der Waals surface area contributed by atoms with E-state index in [0.717, 1.165) is 49.3 Å². The summed E-state index contributed by atoms with van der Waals surface area (Å²) in [6.07, 6.45) is 4.76. The molecule has 2 fully saturated rings. The van der Waals surface area contributed by atoms with Crippen LogP contribution in [0.25, 0.3) is 11.0 Å². The van der Waals surface area contributed by atoms with Gasteiger partial charge in [-0.3, -0.25) is 9.69 Å². The van der Waals surface area contributed by atoms with Crippen LogP contribution in [0.4, 0.5) is 0 Å². The lowest BCUT2D eigenvalue weighted by Gasteiger charge is -2.38. The number of imidazole rings is 1. The Bertz CT molecular complexity index is 665. The third kappa shape index (κ3) is 3.11. The second kappa shape index (κ2) is 5.96. The number of amides is 1. The largest absolute Gasteiger partial charge is 0.343 e. The van der Waals surface area contributed by atoms with Crippen LogP contribution in [0.15, 0.2) is 24.3 Å². The third-order valence-corrected chi connectivity index (χ3v) is 5.17. The van der Waals surface area contributed by atoms with Gasteiger partial charge in [0.05, 0.1) is 17.6 Å². The molecule has 0 radical (unpaired) electrons. The van der Waals surface area contributed by atoms with E-state index in [9.17, 15) is 4.79 Å². The minimum absolute atomic E-state index is 0.207. The zero-order chi connectivity index (χ0) is 15.8. The Morgan fingerprint density at radius 1 is 1.22 bits per heavy atom. The molecule has 23 heavy (non-hydrogen) atoms. The first kappa shape index (κ1) is 14.7. The number of carbonyl (C=O) groups excluding carboxylic acids is 1. The smallest absolute Gasteiger partial charge is 0.219 e. The van der Waals surface area contributed by atoms with Crippen LogP contribution < -0.4 is 0 Å². The quantitative estimate of drug-likeness (QED) is 0.944. The lowest BCUT2D eigenvalue weighted by molar-refractivity contribution is -0.130. The average Bonchev–Trinajstić information content (AvgIpc) is 3.32. The lowest BCUT2D eigenvalue weighted by atomic mass is 10.0. The molecule has 2 aliphatic rings. The monoisotopic (exact) mass is 312 g/mol. The number of nitrogens with zero attached hydrogens (tertiary/aromatic N) is 3. The number of likely N-dealkylation sites (tertiary alicyclic amines) is 1. The lowest BCUT2D eigenvalue weighted by Crippen LogP contribution is -2.46. The van der Waals surface area contributed by atoms with Crippen molar-refractivity contribution >= 4 is 16.9 Å². The molecule has 0 spiro atoms. The molecule has 5 heteroatoms. The third-order valence-electron chi connectivity index (χ3n) is 5.17. The van der Waals surface area contributed by atoms with Crippen molar-refractivity contribution in [3.63, 3.8) is 0 Å². The maximum absolute atomic E-state index is 11.5. The van der Waals surface area contributed by atoms with E-state index in [1.54, 1.807) is 6.92 Å². The molecule has 1 aromatic carbocycles. The number of piperidine rings is 1. The van der Waals surface area contributed by atoms with E-state index >= 15 is 0 Å². The predicted molar refractivity (Wildman–Crippen MR) is 89.9 cm³/mol. The summed E-state index contributed by atoms with van der Waals surface area (Å²) in [4.78, 5) is 24.3. The van der Waals surface area contributed by atoms with Gasteiger partial charge in [-0.2, -0.15) is 0 Å². The summed E-state index contributed by atoms with van der Waals surface area (Å²) in [5.74, 6) is 1.27. The molecule has 2 heterocycles. The molecule has 1 aliphatic carbocycles. The zero-order valence-electron chi connectivity index (χ0n) is 13.7. The minimum Gasteiger partial charge on any atom is -0.343 e. The normalized spacial score (nSPS) is 19.7. The van der Waals surface area contributed by atoms with Crippen LogP contribution in [0.3, 0.4) is 0 Å². The van der Waals surface area contributed by atoms with E-state index in [4.69, 9.17) is 4.98 Å². The van der Waals surface area contributed by atoms with Gasteiger partial charge in [-0.05, 0) is 37.8 Å². The molecule has 2 aromatic rings. The molecule has 0 unspecified atom stereocenters. The molecule has 1 saturated carbocycles. The van der Waals surface area contributed by atoms with E-state index in [1.807, 2.05) is 17.0 Å². The van der Waals surface area contributed by atoms with Gasteiger partial charge in [-0.1, -0.05) is 12.1 Å². The van der Waals surface area contributed by atoms with E-state index in [1.165, 1.54) is 12.8 Å². The first-order valence-corrected chi connectivity index (χ1v) is 8.65. The molecule has 1 N–H and O–H groups in total. The van der Waals surface area contributed by atoms with Gasteiger partial charge in [-0.25, -0.2) is 4.98 Å². The molecular formula is C18H24N4O. The Balaban J connectivity index is 1.47. The number of fused-ring (bicyclic) bond motifs is 1. The summed E-state index contributed by atoms with van der Waals surface area (Å²) < 4.78 is 0. The van der Waals surface area contributed by atoms with E-state index in [-0.39, 0.29) is 5.91 Å². The van der Waals surface area contributed by atoms with Crippen molar-refractivity contribution in [3.8, 4) is 0 Å². The number of carbonyl (C=O) groups is 1.